The second-order valence-corrected chi connectivity index (χ2v) is 2.95. The highest BCUT2D eigenvalue weighted by molar-refractivity contribution is 7.80. The second kappa shape index (κ2) is 4.62. The van der Waals surface area contributed by atoms with Crippen molar-refractivity contribution in [1.82, 2.24) is 0 Å². The van der Waals surface area contributed by atoms with Crippen molar-refractivity contribution in [3.05, 3.63) is 42.7 Å². The first-order chi connectivity index (χ1) is 6.18. The van der Waals surface area contributed by atoms with E-state index in [1.54, 1.807) is 6.92 Å². The summed E-state index contributed by atoms with van der Waals surface area (Å²) in [5.41, 5.74) is 0.911. The number of thiocarbonyl (C=S) groups is 1. The van der Waals surface area contributed by atoms with E-state index in [1.807, 2.05) is 30.3 Å². The number of para-hydroxylation sites is 1. The molecule has 1 rings (SSSR count). The maximum atomic E-state index is 5.08. The molecular weight excluding hydrogens is 182 g/mol. The van der Waals surface area contributed by atoms with Crippen LogP contribution >= 0.6 is 12.2 Å². The summed E-state index contributed by atoms with van der Waals surface area (Å²) in [6.07, 6.45) is 0. The van der Waals surface area contributed by atoms with Crippen LogP contribution < -0.4 is 5.32 Å². The third-order valence-electron chi connectivity index (χ3n) is 1.29. The lowest BCUT2D eigenvalue weighted by molar-refractivity contribution is 0.430. The number of benzene rings is 1. The highest BCUT2D eigenvalue weighted by atomic mass is 32.1. The van der Waals surface area contributed by atoms with Gasteiger partial charge in [-0.15, -0.1) is 0 Å². The van der Waals surface area contributed by atoms with Gasteiger partial charge in [-0.2, -0.15) is 0 Å². The van der Waals surface area contributed by atoms with Crippen LogP contribution in [-0.4, -0.2) is 5.17 Å². The number of nitrogens with one attached hydrogen (secondary N) is 1. The Hall–Kier alpha value is -1.35. The Morgan fingerprint density at radius 3 is 2.54 bits per heavy atom. The lowest BCUT2D eigenvalue weighted by Crippen LogP contribution is -2.11. The molecule has 1 aromatic rings. The molecule has 0 bridgehead atoms. The van der Waals surface area contributed by atoms with E-state index in [9.17, 15) is 0 Å². The zero-order chi connectivity index (χ0) is 9.68. The van der Waals surface area contributed by atoms with Crippen molar-refractivity contribution in [3.8, 4) is 0 Å². The van der Waals surface area contributed by atoms with E-state index in [1.165, 1.54) is 0 Å². The number of allylic oxidation sites excluding steroid dienone is 1. The van der Waals surface area contributed by atoms with Gasteiger partial charge in [-0.3, -0.25) is 0 Å². The number of rotatable bonds is 2. The summed E-state index contributed by atoms with van der Waals surface area (Å²) < 4.78 is 5.08. The lowest BCUT2D eigenvalue weighted by Gasteiger charge is -2.07. The summed E-state index contributed by atoms with van der Waals surface area (Å²) in [5, 5.41) is 3.24. The van der Waals surface area contributed by atoms with Crippen LogP contribution in [-0.2, 0) is 4.74 Å². The molecule has 0 aromatic heterocycles. The Morgan fingerprint density at radius 2 is 2.00 bits per heavy atom. The molecule has 68 valence electrons. The fourth-order valence-electron chi connectivity index (χ4n) is 0.823. The van der Waals surface area contributed by atoms with Gasteiger partial charge in [-0.25, -0.2) is 0 Å². The second-order valence-electron chi connectivity index (χ2n) is 2.58. The van der Waals surface area contributed by atoms with Gasteiger partial charge in [0, 0.05) is 5.69 Å². The summed E-state index contributed by atoms with van der Waals surface area (Å²) >= 11 is 4.92. The summed E-state index contributed by atoms with van der Waals surface area (Å²) in [5.74, 6) is 0.577. The third kappa shape index (κ3) is 3.71. The molecule has 0 heterocycles. The van der Waals surface area contributed by atoms with Gasteiger partial charge in [0.25, 0.3) is 5.17 Å². The van der Waals surface area contributed by atoms with Crippen molar-refractivity contribution in [1.29, 1.82) is 0 Å². The molecule has 0 aliphatic rings. The van der Waals surface area contributed by atoms with Crippen molar-refractivity contribution >= 4 is 23.1 Å². The van der Waals surface area contributed by atoms with Crippen LogP contribution in [0, 0.1) is 0 Å². The van der Waals surface area contributed by atoms with Crippen LogP contribution in [0.2, 0.25) is 0 Å². The van der Waals surface area contributed by atoms with E-state index in [4.69, 9.17) is 17.0 Å². The molecule has 0 spiro atoms. The van der Waals surface area contributed by atoms with E-state index in [0.29, 0.717) is 10.9 Å². The molecule has 0 aliphatic heterocycles. The minimum absolute atomic E-state index is 0.318. The van der Waals surface area contributed by atoms with Crippen LogP contribution in [0.4, 0.5) is 5.69 Å². The molecule has 1 aromatic carbocycles. The fraction of sp³-hybridized carbons (Fsp3) is 0.100. The molecule has 0 radical (unpaired) electrons. The maximum absolute atomic E-state index is 5.08. The molecule has 0 aliphatic carbocycles. The average molecular weight is 193 g/mol. The minimum Gasteiger partial charge on any atom is -0.437 e. The van der Waals surface area contributed by atoms with Crippen molar-refractivity contribution in [2.24, 2.45) is 0 Å². The Balaban J connectivity index is 2.50. The lowest BCUT2D eigenvalue weighted by atomic mass is 10.3. The van der Waals surface area contributed by atoms with Crippen LogP contribution in [0.3, 0.4) is 0 Å². The minimum atomic E-state index is 0.318. The number of hydrogen-bond acceptors (Lipinski definition) is 2. The van der Waals surface area contributed by atoms with Crippen molar-refractivity contribution in [2.45, 2.75) is 6.92 Å². The largest absolute Gasteiger partial charge is 0.437 e. The van der Waals surface area contributed by atoms with Gasteiger partial charge in [-0.1, -0.05) is 24.8 Å². The predicted octanol–water partition coefficient (Wildman–Crippen LogP) is 2.93. The van der Waals surface area contributed by atoms with Crippen molar-refractivity contribution < 1.29 is 4.74 Å². The Kier molecular flexibility index (Phi) is 3.46. The first-order valence-corrected chi connectivity index (χ1v) is 4.28. The first kappa shape index (κ1) is 9.74. The molecular formula is C10H11NOS. The molecule has 0 amide bonds. The molecule has 0 saturated heterocycles. The van der Waals surface area contributed by atoms with Gasteiger partial charge in [0.1, 0.15) is 0 Å². The number of anilines is 1. The van der Waals surface area contributed by atoms with E-state index in [0.717, 1.165) is 5.69 Å². The zero-order valence-electron chi connectivity index (χ0n) is 7.41. The number of hydrogen-bond donors (Lipinski definition) is 1. The van der Waals surface area contributed by atoms with Crippen LogP contribution in [0.5, 0.6) is 0 Å². The monoisotopic (exact) mass is 193 g/mol. The molecule has 0 saturated carbocycles. The smallest absolute Gasteiger partial charge is 0.266 e. The molecule has 0 unspecified atom stereocenters. The van der Waals surface area contributed by atoms with E-state index < -0.39 is 0 Å². The number of ether oxygens (including phenoxy) is 1. The summed E-state index contributed by atoms with van der Waals surface area (Å²) in [6, 6.07) is 9.60. The molecule has 3 heteroatoms. The SMILES string of the molecule is C=C(C)OC(=S)Nc1ccccc1. The zero-order valence-corrected chi connectivity index (χ0v) is 8.23. The summed E-state index contributed by atoms with van der Waals surface area (Å²) in [6.45, 7) is 5.34. The van der Waals surface area contributed by atoms with Crippen LogP contribution in [0.1, 0.15) is 6.92 Å². The highest BCUT2D eigenvalue weighted by Crippen LogP contribution is 2.06. The van der Waals surface area contributed by atoms with Gasteiger partial charge in [0.05, 0.1) is 5.76 Å². The average Bonchev–Trinajstić information content (AvgIpc) is 2.04. The third-order valence-corrected chi connectivity index (χ3v) is 1.47. The normalized spacial score (nSPS) is 9.00. The quantitative estimate of drug-likeness (QED) is 0.576. The predicted molar refractivity (Wildman–Crippen MR) is 58.6 cm³/mol. The van der Waals surface area contributed by atoms with Gasteiger partial charge >= 0.3 is 0 Å². The van der Waals surface area contributed by atoms with Crippen molar-refractivity contribution in [2.75, 3.05) is 5.32 Å². The molecule has 2 nitrogen and oxygen atoms in total. The van der Waals surface area contributed by atoms with E-state index in [2.05, 4.69) is 11.9 Å². The molecule has 13 heavy (non-hydrogen) atoms. The topological polar surface area (TPSA) is 21.3 Å². The molecule has 1 N–H and O–H groups in total. The summed E-state index contributed by atoms with van der Waals surface area (Å²) in [4.78, 5) is 0. The van der Waals surface area contributed by atoms with Crippen molar-refractivity contribution in [3.63, 3.8) is 0 Å². The molecule has 0 fully saturated rings. The Bertz CT molecular complexity index is 308. The highest BCUT2D eigenvalue weighted by Gasteiger charge is 1.96. The van der Waals surface area contributed by atoms with Gasteiger partial charge in [-0.05, 0) is 31.3 Å². The Morgan fingerprint density at radius 1 is 1.38 bits per heavy atom. The van der Waals surface area contributed by atoms with Gasteiger partial charge < -0.3 is 10.1 Å². The standard InChI is InChI=1S/C10H11NOS/c1-8(2)12-10(13)11-9-6-4-3-5-7-9/h3-7H,1H2,2H3,(H,11,13). The Labute approximate surface area is 83.2 Å². The fourth-order valence-corrected chi connectivity index (χ4v) is 1.08. The van der Waals surface area contributed by atoms with Crippen LogP contribution in [0.25, 0.3) is 0 Å². The first-order valence-electron chi connectivity index (χ1n) is 3.88. The molecule has 0 atom stereocenters. The van der Waals surface area contributed by atoms with E-state index in [-0.39, 0.29) is 0 Å². The van der Waals surface area contributed by atoms with Gasteiger partial charge in [0.15, 0.2) is 0 Å². The van der Waals surface area contributed by atoms with Crippen LogP contribution in [0.15, 0.2) is 42.7 Å². The van der Waals surface area contributed by atoms with Gasteiger partial charge in [0.2, 0.25) is 0 Å². The summed E-state index contributed by atoms with van der Waals surface area (Å²) in [7, 11) is 0. The van der Waals surface area contributed by atoms with E-state index >= 15 is 0 Å². The maximum Gasteiger partial charge on any atom is 0.266 e.